The van der Waals surface area contributed by atoms with Crippen LogP contribution in [0, 0.1) is 23.7 Å². The summed E-state index contributed by atoms with van der Waals surface area (Å²) in [7, 11) is 0. The fraction of sp³-hybridized carbons (Fsp3) is 0.944. The number of carbonyl (C=O) groups excluding carboxylic acids is 1. The van der Waals surface area contributed by atoms with Gasteiger partial charge in [0, 0.05) is 6.04 Å². The lowest BCUT2D eigenvalue weighted by Crippen LogP contribution is -2.47. The van der Waals surface area contributed by atoms with Crippen molar-refractivity contribution in [3.63, 3.8) is 0 Å². The summed E-state index contributed by atoms with van der Waals surface area (Å²) in [6.07, 6.45) is 7.72. The molecule has 0 aromatic heterocycles. The zero-order chi connectivity index (χ0) is 15.1. The third kappa shape index (κ3) is 3.44. The van der Waals surface area contributed by atoms with E-state index in [0.717, 1.165) is 24.7 Å². The Balaban J connectivity index is 1.77. The van der Waals surface area contributed by atoms with E-state index in [1.165, 1.54) is 25.7 Å². The molecule has 1 aliphatic heterocycles. The van der Waals surface area contributed by atoms with Gasteiger partial charge in [-0.05, 0) is 62.2 Å². The van der Waals surface area contributed by atoms with Crippen molar-refractivity contribution in [2.24, 2.45) is 23.7 Å². The minimum atomic E-state index is 0.0637. The van der Waals surface area contributed by atoms with Gasteiger partial charge in [0.1, 0.15) is 0 Å². The van der Waals surface area contributed by atoms with Crippen LogP contribution in [0.1, 0.15) is 66.2 Å². The van der Waals surface area contributed by atoms with E-state index in [9.17, 15) is 4.79 Å². The number of carbonyl (C=O) groups is 1. The first-order valence-corrected chi connectivity index (χ1v) is 9.05. The number of hydrogen-bond donors (Lipinski definition) is 1. The van der Waals surface area contributed by atoms with Gasteiger partial charge in [0.15, 0.2) is 0 Å². The van der Waals surface area contributed by atoms with Gasteiger partial charge in [-0.3, -0.25) is 10.1 Å². The molecule has 0 bridgehead atoms. The SMILES string of the molecule is CC(C)CC1NC(CC(C)C)N(C(C2CC2)C2CC2)C1=O. The molecule has 2 aliphatic carbocycles. The first-order chi connectivity index (χ1) is 9.97. The van der Waals surface area contributed by atoms with Gasteiger partial charge in [0.25, 0.3) is 0 Å². The van der Waals surface area contributed by atoms with Gasteiger partial charge >= 0.3 is 0 Å². The maximum Gasteiger partial charge on any atom is 0.241 e. The molecule has 3 aliphatic rings. The van der Waals surface area contributed by atoms with Crippen LogP contribution in [0.5, 0.6) is 0 Å². The van der Waals surface area contributed by atoms with E-state index in [2.05, 4.69) is 37.9 Å². The minimum Gasteiger partial charge on any atom is -0.322 e. The molecule has 120 valence electrons. The van der Waals surface area contributed by atoms with Gasteiger partial charge in [0.2, 0.25) is 5.91 Å². The largest absolute Gasteiger partial charge is 0.322 e. The zero-order valence-corrected chi connectivity index (χ0v) is 14.1. The summed E-state index contributed by atoms with van der Waals surface area (Å²) in [6, 6.07) is 0.611. The summed E-state index contributed by atoms with van der Waals surface area (Å²) in [5.74, 6) is 3.21. The third-order valence-electron chi connectivity index (χ3n) is 5.21. The Morgan fingerprint density at radius 1 is 1.00 bits per heavy atom. The van der Waals surface area contributed by atoms with Crippen LogP contribution in [0.2, 0.25) is 0 Å². The Morgan fingerprint density at radius 2 is 1.52 bits per heavy atom. The van der Waals surface area contributed by atoms with Gasteiger partial charge in [0.05, 0.1) is 12.2 Å². The molecule has 1 amide bonds. The van der Waals surface area contributed by atoms with Crippen LogP contribution in [-0.2, 0) is 4.79 Å². The highest BCUT2D eigenvalue weighted by atomic mass is 16.2. The molecule has 1 heterocycles. The first-order valence-electron chi connectivity index (χ1n) is 9.05. The maximum absolute atomic E-state index is 13.0. The van der Waals surface area contributed by atoms with Crippen LogP contribution < -0.4 is 5.32 Å². The van der Waals surface area contributed by atoms with Crippen molar-refractivity contribution in [2.45, 2.75) is 84.5 Å². The Kier molecular flexibility index (Phi) is 4.31. The topological polar surface area (TPSA) is 32.3 Å². The van der Waals surface area contributed by atoms with Crippen LogP contribution in [-0.4, -0.2) is 29.1 Å². The van der Waals surface area contributed by atoms with Gasteiger partial charge in [-0.15, -0.1) is 0 Å². The van der Waals surface area contributed by atoms with E-state index in [-0.39, 0.29) is 12.2 Å². The molecule has 2 unspecified atom stereocenters. The average molecular weight is 292 g/mol. The van der Waals surface area contributed by atoms with Crippen LogP contribution in [0.3, 0.4) is 0 Å². The Hall–Kier alpha value is -0.570. The first kappa shape index (κ1) is 15.3. The van der Waals surface area contributed by atoms with Crippen molar-refractivity contribution >= 4 is 5.91 Å². The molecule has 1 N–H and O–H groups in total. The minimum absolute atomic E-state index is 0.0637. The normalized spacial score (nSPS) is 30.2. The Bertz CT molecular complexity index is 373. The van der Waals surface area contributed by atoms with E-state index in [1.54, 1.807) is 0 Å². The lowest BCUT2D eigenvalue weighted by Gasteiger charge is -2.34. The summed E-state index contributed by atoms with van der Waals surface area (Å²) < 4.78 is 0. The molecular weight excluding hydrogens is 260 g/mol. The molecule has 3 nitrogen and oxygen atoms in total. The summed E-state index contributed by atoms with van der Waals surface area (Å²) in [5.41, 5.74) is 0. The molecule has 0 radical (unpaired) electrons. The molecular formula is C18H32N2O. The molecule has 2 saturated carbocycles. The van der Waals surface area contributed by atoms with Crippen LogP contribution >= 0.6 is 0 Å². The second-order valence-electron chi connectivity index (χ2n) is 8.41. The monoisotopic (exact) mass is 292 g/mol. The lowest BCUT2D eigenvalue weighted by molar-refractivity contribution is -0.133. The summed E-state index contributed by atoms with van der Waals surface area (Å²) in [4.78, 5) is 15.3. The molecule has 3 fully saturated rings. The number of rotatable bonds is 7. The highest BCUT2D eigenvalue weighted by molar-refractivity contribution is 5.84. The van der Waals surface area contributed by atoms with E-state index in [0.29, 0.717) is 23.8 Å². The fourth-order valence-corrected chi connectivity index (χ4v) is 4.06. The average Bonchev–Trinajstić information content (AvgIpc) is 3.24. The predicted molar refractivity (Wildman–Crippen MR) is 85.7 cm³/mol. The molecule has 1 saturated heterocycles. The van der Waals surface area contributed by atoms with Gasteiger partial charge in [-0.2, -0.15) is 0 Å². The predicted octanol–water partition coefficient (Wildman–Crippen LogP) is 3.39. The van der Waals surface area contributed by atoms with Crippen molar-refractivity contribution in [1.29, 1.82) is 0 Å². The number of nitrogens with zero attached hydrogens (tertiary/aromatic N) is 1. The number of amides is 1. The van der Waals surface area contributed by atoms with Crippen molar-refractivity contribution in [2.75, 3.05) is 0 Å². The fourth-order valence-electron chi connectivity index (χ4n) is 4.06. The van der Waals surface area contributed by atoms with Crippen molar-refractivity contribution in [3.05, 3.63) is 0 Å². The Morgan fingerprint density at radius 3 is 1.95 bits per heavy atom. The Labute approximate surface area is 129 Å². The summed E-state index contributed by atoms with van der Waals surface area (Å²) in [6.45, 7) is 8.97. The van der Waals surface area contributed by atoms with E-state index in [1.807, 2.05) is 0 Å². The standard InChI is InChI=1S/C18H32N2O/c1-11(2)9-15-18(21)20(16(19-15)10-12(3)4)17(13-5-6-13)14-7-8-14/h11-17,19H,5-10H2,1-4H3. The molecule has 21 heavy (non-hydrogen) atoms. The van der Waals surface area contributed by atoms with E-state index in [4.69, 9.17) is 0 Å². The zero-order valence-electron chi connectivity index (χ0n) is 14.1. The highest BCUT2D eigenvalue weighted by Crippen LogP contribution is 2.48. The molecule has 3 rings (SSSR count). The van der Waals surface area contributed by atoms with Crippen molar-refractivity contribution in [3.8, 4) is 0 Å². The van der Waals surface area contributed by atoms with Crippen LogP contribution in [0.4, 0.5) is 0 Å². The summed E-state index contributed by atoms with van der Waals surface area (Å²) in [5, 5.41) is 3.68. The maximum atomic E-state index is 13.0. The van der Waals surface area contributed by atoms with Crippen molar-refractivity contribution in [1.82, 2.24) is 10.2 Å². The summed E-state index contributed by atoms with van der Waals surface area (Å²) >= 11 is 0. The molecule has 0 aromatic carbocycles. The van der Waals surface area contributed by atoms with Crippen LogP contribution in [0.25, 0.3) is 0 Å². The van der Waals surface area contributed by atoms with E-state index >= 15 is 0 Å². The van der Waals surface area contributed by atoms with Crippen molar-refractivity contribution < 1.29 is 4.79 Å². The smallest absolute Gasteiger partial charge is 0.241 e. The quantitative estimate of drug-likeness (QED) is 0.780. The molecule has 3 heteroatoms. The molecule has 0 aromatic rings. The molecule has 0 spiro atoms. The van der Waals surface area contributed by atoms with E-state index < -0.39 is 0 Å². The highest BCUT2D eigenvalue weighted by Gasteiger charge is 2.51. The number of hydrogen-bond acceptors (Lipinski definition) is 2. The molecule has 2 atom stereocenters. The third-order valence-corrected chi connectivity index (χ3v) is 5.21. The van der Waals surface area contributed by atoms with Crippen LogP contribution in [0.15, 0.2) is 0 Å². The van der Waals surface area contributed by atoms with Gasteiger partial charge in [-0.25, -0.2) is 0 Å². The second-order valence-corrected chi connectivity index (χ2v) is 8.41. The van der Waals surface area contributed by atoms with Gasteiger partial charge in [-0.1, -0.05) is 27.7 Å². The van der Waals surface area contributed by atoms with Gasteiger partial charge < -0.3 is 4.90 Å². The number of nitrogens with one attached hydrogen (secondary N) is 1. The second kappa shape index (κ2) is 5.91. The lowest BCUT2D eigenvalue weighted by atomic mass is 10.0.